The highest BCUT2D eigenvalue weighted by Gasteiger charge is 2.37. The summed E-state index contributed by atoms with van der Waals surface area (Å²) in [6.45, 7) is 4.74. The fraction of sp³-hybridized carbons (Fsp3) is 0.526. The largest absolute Gasteiger partial charge is 0.416 e. The maximum Gasteiger partial charge on any atom is 0.416 e. The number of nitrogens with zero attached hydrogens (tertiary/aromatic N) is 2. The van der Waals surface area contributed by atoms with Crippen molar-refractivity contribution in [1.29, 1.82) is 0 Å². The molecular formula is C19H25F3N4O2. The van der Waals surface area contributed by atoms with Gasteiger partial charge in [0.25, 0.3) is 5.91 Å². The summed E-state index contributed by atoms with van der Waals surface area (Å²) in [6.07, 6.45) is -3.31. The van der Waals surface area contributed by atoms with Gasteiger partial charge in [-0.2, -0.15) is 18.2 Å². The first-order chi connectivity index (χ1) is 13.0. The van der Waals surface area contributed by atoms with Crippen LogP contribution in [0.5, 0.6) is 0 Å². The number of hydrogen-bond donors (Lipinski definition) is 2. The van der Waals surface area contributed by atoms with Crippen molar-refractivity contribution in [2.24, 2.45) is 22.4 Å². The minimum Gasteiger partial charge on any atom is -0.370 e. The molecule has 4 N–H and O–H groups in total. The average Bonchev–Trinajstić information content (AvgIpc) is 2.59. The highest BCUT2D eigenvalue weighted by atomic mass is 19.4. The van der Waals surface area contributed by atoms with E-state index in [0.29, 0.717) is 32.4 Å². The van der Waals surface area contributed by atoms with Crippen molar-refractivity contribution in [3.63, 3.8) is 0 Å². The molecule has 0 saturated carbocycles. The van der Waals surface area contributed by atoms with Gasteiger partial charge in [-0.1, -0.05) is 19.9 Å². The first-order valence-electron chi connectivity index (χ1n) is 9.12. The Balaban J connectivity index is 2.23. The summed E-state index contributed by atoms with van der Waals surface area (Å²) >= 11 is 0. The van der Waals surface area contributed by atoms with E-state index >= 15 is 0 Å². The summed E-state index contributed by atoms with van der Waals surface area (Å²) in [7, 11) is 0. The minimum atomic E-state index is -4.62. The summed E-state index contributed by atoms with van der Waals surface area (Å²) in [5.41, 5.74) is 9.28. The molecule has 1 aliphatic rings. The molecule has 9 heteroatoms. The highest BCUT2D eigenvalue weighted by molar-refractivity contribution is 6.02. The van der Waals surface area contributed by atoms with E-state index in [0.717, 1.165) is 6.07 Å². The molecule has 6 nitrogen and oxygen atoms in total. The number of aliphatic imine (C=N–C) groups is 1. The van der Waals surface area contributed by atoms with E-state index in [1.807, 2.05) is 13.8 Å². The summed E-state index contributed by atoms with van der Waals surface area (Å²) in [5.74, 6) is -1.51. The zero-order valence-corrected chi connectivity index (χ0v) is 15.9. The standard InChI is InChI=1S/C19H25F3N4O2/c1-11(2)9-16(27)26-7-5-12(6-8-26)14-4-3-13(17(28)25-18(23)24)10-15(14)19(20,21)22/h3-4,10-12H,5-9H2,1-2H3,(H4,23,24,25,28). The van der Waals surface area contributed by atoms with E-state index in [9.17, 15) is 22.8 Å². The first-order valence-corrected chi connectivity index (χ1v) is 9.12. The second kappa shape index (κ2) is 8.62. The number of amides is 2. The molecule has 1 aromatic rings. The molecule has 2 rings (SSSR count). The molecule has 28 heavy (non-hydrogen) atoms. The number of alkyl halides is 3. The second-order valence-electron chi connectivity index (χ2n) is 7.39. The fourth-order valence-corrected chi connectivity index (χ4v) is 3.39. The molecule has 0 spiro atoms. The monoisotopic (exact) mass is 398 g/mol. The molecule has 0 aromatic heterocycles. The molecule has 0 bridgehead atoms. The molecule has 0 unspecified atom stereocenters. The molecular weight excluding hydrogens is 373 g/mol. The van der Waals surface area contributed by atoms with Crippen LogP contribution in [0, 0.1) is 5.92 Å². The Hall–Kier alpha value is -2.58. The third-order valence-electron chi connectivity index (χ3n) is 4.71. The third kappa shape index (κ3) is 5.46. The van der Waals surface area contributed by atoms with Crippen molar-refractivity contribution in [3.8, 4) is 0 Å². The van der Waals surface area contributed by atoms with E-state index < -0.39 is 23.6 Å². The third-order valence-corrected chi connectivity index (χ3v) is 4.71. The molecule has 0 radical (unpaired) electrons. The van der Waals surface area contributed by atoms with E-state index in [-0.39, 0.29) is 28.9 Å². The van der Waals surface area contributed by atoms with Crippen LogP contribution < -0.4 is 11.5 Å². The lowest BCUT2D eigenvalue weighted by Crippen LogP contribution is -2.38. The van der Waals surface area contributed by atoms with Gasteiger partial charge in [0.2, 0.25) is 5.91 Å². The van der Waals surface area contributed by atoms with Gasteiger partial charge >= 0.3 is 6.18 Å². The van der Waals surface area contributed by atoms with Crippen LogP contribution in [0.1, 0.15) is 60.5 Å². The van der Waals surface area contributed by atoms with Gasteiger partial charge in [0.05, 0.1) is 5.56 Å². The van der Waals surface area contributed by atoms with E-state index in [4.69, 9.17) is 11.5 Å². The fourth-order valence-electron chi connectivity index (χ4n) is 3.39. The van der Waals surface area contributed by atoms with Crippen LogP contribution in [0.15, 0.2) is 23.2 Å². The smallest absolute Gasteiger partial charge is 0.370 e. The molecule has 0 aliphatic carbocycles. The first kappa shape index (κ1) is 21.7. The van der Waals surface area contributed by atoms with Gasteiger partial charge in [0.15, 0.2) is 5.96 Å². The van der Waals surface area contributed by atoms with Crippen LogP contribution in [0.3, 0.4) is 0 Å². The molecule has 1 fully saturated rings. The predicted molar refractivity (Wildman–Crippen MR) is 99.6 cm³/mol. The number of carbonyl (C=O) groups excluding carboxylic acids is 2. The quantitative estimate of drug-likeness (QED) is 0.601. The lowest BCUT2D eigenvalue weighted by atomic mass is 9.85. The zero-order valence-electron chi connectivity index (χ0n) is 15.9. The van der Waals surface area contributed by atoms with Crippen LogP contribution >= 0.6 is 0 Å². The van der Waals surface area contributed by atoms with Gasteiger partial charge in [0, 0.05) is 25.1 Å². The van der Waals surface area contributed by atoms with E-state index in [2.05, 4.69) is 4.99 Å². The van der Waals surface area contributed by atoms with Crippen molar-refractivity contribution >= 4 is 17.8 Å². The van der Waals surface area contributed by atoms with Gasteiger partial charge in [-0.3, -0.25) is 9.59 Å². The van der Waals surface area contributed by atoms with Gasteiger partial charge in [-0.25, -0.2) is 0 Å². The summed E-state index contributed by atoms with van der Waals surface area (Å²) in [4.78, 5) is 29.0. The number of carbonyl (C=O) groups is 2. The Morgan fingerprint density at radius 3 is 2.32 bits per heavy atom. The number of guanidine groups is 1. The maximum absolute atomic E-state index is 13.6. The molecule has 154 valence electrons. The summed E-state index contributed by atoms with van der Waals surface area (Å²) in [5, 5.41) is 0. The Morgan fingerprint density at radius 2 is 1.82 bits per heavy atom. The molecule has 2 amide bonds. The molecule has 0 atom stereocenters. The van der Waals surface area contributed by atoms with E-state index in [1.54, 1.807) is 4.90 Å². The molecule has 1 saturated heterocycles. The van der Waals surface area contributed by atoms with Crippen molar-refractivity contribution in [2.45, 2.75) is 45.2 Å². The second-order valence-corrected chi connectivity index (χ2v) is 7.39. The van der Waals surface area contributed by atoms with Crippen molar-refractivity contribution in [3.05, 3.63) is 34.9 Å². The van der Waals surface area contributed by atoms with Crippen LogP contribution in [-0.2, 0) is 11.0 Å². The number of likely N-dealkylation sites (tertiary alicyclic amines) is 1. The van der Waals surface area contributed by atoms with Gasteiger partial charge in [-0.05, 0) is 42.4 Å². The number of hydrogen-bond acceptors (Lipinski definition) is 2. The number of piperidine rings is 1. The molecule has 1 aliphatic heterocycles. The van der Waals surface area contributed by atoms with Crippen LogP contribution in [-0.4, -0.2) is 35.8 Å². The Kier molecular flexibility index (Phi) is 6.69. The summed E-state index contributed by atoms with van der Waals surface area (Å²) < 4.78 is 40.8. The number of halogens is 3. The number of rotatable bonds is 4. The lowest BCUT2D eigenvalue weighted by Gasteiger charge is -2.33. The van der Waals surface area contributed by atoms with Crippen LogP contribution in [0.2, 0.25) is 0 Å². The topological polar surface area (TPSA) is 102 Å². The molecule has 1 aromatic carbocycles. The highest BCUT2D eigenvalue weighted by Crippen LogP contribution is 2.39. The number of benzene rings is 1. The van der Waals surface area contributed by atoms with Gasteiger partial charge in [-0.15, -0.1) is 0 Å². The normalized spacial score (nSPS) is 15.6. The van der Waals surface area contributed by atoms with Gasteiger partial charge < -0.3 is 16.4 Å². The SMILES string of the molecule is CC(C)CC(=O)N1CCC(c2ccc(C(=O)N=C(N)N)cc2C(F)(F)F)CC1. The average molecular weight is 398 g/mol. The van der Waals surface area contributed by atoms with Crippen molar-refractivity contribution < 1.29 is 22.8 Å². The Morgan fingerprint density at radius 1 is 1.21 bits per heavy atom. The van der Waals surface area contributed by atoms with Crippen LogP contribution in [0.4, 0.5) is 13.2 Å². The minimum absolute atomic E-state index is 0.0303. The Bertz CT molecular complexity index is 763. The van der Waals surface area contributed by atoms with E-state index in [1.165, 1.54) is 12.1 Å². The summed E-state index contributed by atoms with van der Waals surface area (Å²) in [6, 6.07) is 3.41. The Labute approximate surface area is 161 Å². The predicted octanol–water partition coefficient (Wildman–Crippen LogP) is 2.87. The number of nitrogens with two attached hydrogens (primary N) is 2. The van der Waals surface area contributed by atoms with Crippen molar-refractivity contribution in [1.82, 2.24) is 4.90 Å². The zero-order chi connectivity index (χ0) is 21.1. The molecule has 1 heterocycles. The van der Waals surface area contributed by atoms with Crippen molar-refractivity contribution in [2.75, 3.05) is 13.1 Å². The maximum atomic E-state index is 13.6. The lowest BCUT2D eigenvalue weighted by molar-refractivity contribution is -0.139. The van der Waals surface area contributed by atoms with Crippen LogP contribution in [0.25, 0.3) is 0 Å². The van der Waals surface area contributed by atoms with Gasteiger partial charge in [0.1, 0.15) is 0 Å².